The molecule has 0 spiro atoms. The van der Waals surface area contributed by atoms with Gasteiger partial charge < -0.3 is 14.6 Å². The maximum atomic E-state index is 12.9. The highest BCUT2D eigenvalue weighted by atomic mass is 32.1. The summed E-state index contributed by atoms with van der Waals surface area (Å²) >= 11 is 1.61. The average Bonchev–Trinajstić information content (AvgIpc) is 3.35. The molecule has 6 nitrogen and oxygen atoms in total. The van der Waals surface area contributed by atoms with E-state index in [2.05, 4.69) is 10.3 Å². The van der Waals surface area contributed by atoms with E-state index in [4.69, 9.17) is 4.74 Å². The Balaban J connectivity index is 1.62. The maximum absolute atomic E-state index is 12.9. The van der Waals surface area contributed by atoms with Crippen LogP contribution >= 0.6 is 11.3 Å². The van der Waals surface area contributed by atoms with Crippen LogP contribution in [0.5, 0.6) is 0 Å². The first-order valence-corrected chi connectivity index (χ1v) is 9.93. The monoisotopic (exact) mass is 383 g/mol. The molecule has 1 aliphatic heterocycles. The maximum Gasteiger partial charge on any atom is 0.260 e. The molecule has 0 unspecified atom stereocenters. The Labute approximate surface area is 160 Å². The molecule has 1 fully saturated rings. The van der Waals surface area contributed by atoms with E-state index < -0.39 is 0 Å². The van der Waals surface area contributed by atoms with Crippen LogP contribution < -0.4 is 10.9 Å². The molecule has 0 saturated carbocycles. The Hall–Kier alpha value is -2.51. The van der Waals surface area contributed by atoms with E-state index >= 15 is 0 Å². The second-order valence-electron chi connectivity index (χ2n) is 6.73. The first-order chi connectivity index (χ1) is 13.1. The van der Waals surface area contributed by atoms with Crippen molar-refractivity contribution in [2.75, 3.05) is 13.2 Å². The summed E-state index contributed by atoms with van der Waals surface area (Å²) in [6.45, 7) is 3.53. The van der Waals surface area contributed by atoms with Crippen molar-refractivity contribution in [2.45, 2.75) is 32.4 Å². The molecule has 4 heterocycles. The van der Waals surface area contributed by atoms with Gasteiger partial charge in [-0.15, -0.1) is 11.3 Å². The highest BCUT2D eigenvalue weighted by Crippen LogP contribution is 2.16. The van der Waals surface area contributed by atoms with Gasteiger partial charge in [0, 0.05) is 24.2 Å². The van der Waals surface area contributed by atoms with Gasteiger partial charge in [-0.3, -0.25) is 14.6 Å². The highest BCUT2D eigenvalue weighted by molar-refractivity contribution is 7.09. The number of thiophene rings is 1. The number of pyridine rings is 2. The predicted octanol–water partition coefficient (Wildman–Crippen LogP) is 2.72. The molecule has 1 N–H and O–H groups in total. The van der Waals surface area contributed by atoms with Crippen molar-refractivity contribution < 1.29 is 9.53 Å². The third-order valence-corrected chi connectivity index (χ3v) is 5.67. The van der Waals surface area contributed by atoms with Gasteiger partial charge in [-0.1, -0.05) is 6.07 Å². The summed E-state index contributed by atoms with van der Waals surface area (Å²) in [6, 6.07) is 7.45. The number of fused-ring (bicyclic) bond motifs is 1. The van der Waals surface area contributed by atoms with Gasteiger partial charge in [-0.25, -0.2) is 0 Å². The summed E-state index contributed by atoms with van der Waals surface area (Å²) in [4.78, 5) is 31.1. The number of ether oxygens (including phenoxy) is 1. The van der Waals surface area contributed by atoms with Crippen molar-refractivity contribution in [2.24, 2.45) is 0 Å². The molecule has 0 radical (unpaired) electrons. The highest BCUT2D eigenvalue weighted by Gasteiger charge is 2.18. The Morgan fingerprint density at radius 3 is 3.07 bits per heavy atom. The van der Waals surface area contributed by atoms with Crippen molar-refractivity contribution in [1.29, 1.82) is 0 Å². The zero-order valence-electron chi connectivity index (χ0n) is 15.1. The number of carbonyl (C=O) groups excluding carboxylic acids is 1. The van der Waals surface area contributed by atoms with E-state index in [1.54, 1.807) is 35.1 Å². The summed E-state index contributed by atoms with van der Waals surface area (Å²) < 4.78 is 7.19. The number of nitrogens with one attached hydrogen (secondary N) is 1. The minimum Gasteiger partial charge on any atom is -0.376 e. The molecule has 140 valence electrons. The Kier molecular flexibility index (Phi) is 5.05. The van der Waals surface area contributed by atoms with E-state index in [1.807, 2.05) is 23.6 Å². The molecule has 27 heavy (non-hydrogen) atoms. The third kappa shape index (κ3) is 3.79. The molecule has 3 aromatic heterocycles. The summed E-state index contributed by atoms with van der Waals surface area (Å²) in [5.41, 5.74) is 1.52. The quantitative estimate of drug-likeness (QED) is 0.735. The average molecular weight is 383 g/mol. The molecular formula is C20H21N3O3S. The van der Waals surface area contributed by atoms with E-state index in [9.17, 15) is 9.59 Å². The molecule has 4 rings (SSSR count). The fraction of sp³-hybridized carbons (Fsp3) is 0.350. The molecule has 1 saturated heterocycles. The van der Waals surface area contributed by atoms with Gasteiger partial charge in [-0.2, -0.15) is 0 Å². The SMILES string of the molecule is Cc1nc2ccn(Cc3cccs3)c(=O)c2cc1C(=O)NC[C@@H]1CCCO1. The molecule has 7 heteroatoms. The first kappa shape index (κ1) is 17.9. The summed E-state index contributed by atoms with van der Waals surface area (Å²) in [7, 11) is 0. The number of amides is 1. The van der Waals surface area contributed by atoms with Crippen LogP contribution in [0.15, 0.2) is 40.6 Å². The number of carbonyl (C=O) groups is 1. The summed E-state index contributed by atoms with van der Waals surface area (Å²) in [5, 5.41) is 5.35. The number of hydrogen-bond acceptors (Lipinski definition) is 5. The number of nitrogens with zero attached hydrogens (tertiary/aromatic N) is 2. The van der Waals surface area contributed by atoms with Crippen LogP contribution in [0.25, 0.3) is 10.9 Å². The number of hydrogen-bond donors (Lipinski definition) is 1. The normalized spacial score (nSPS) is 16.7. The minimum absolute atomic E-state index is 0.0747. The van der Waals surface area contributed by atoms with Gasteiger partial charge >= 0.3 is 0 Å². The summed E-state index contributed by atoms with van der Waals surface area (Å²) in [5.74, 6) is -0.217. The van der Waals surface area contributed by atoms with Crippen molar-refractivity contribution in [3.05, 3.63) is 62.3 Å². The second-order valence-corrected chi connectivity index (χ2v) is 7.76. The van der Waals surface area contributed by atoms with Crippen molar-refractivity contribution in [3.63, 3.8) is 0 Å². The van der Waals surface area contributed by atoms with Gasteiger partial charge in [0.2, 0.25) is 0 Å². The van der Waals surface area contributed by atoms with Crippen LogP contribution in [-0.2, 0) is 11.3 Å². The zero-order chi connectivity index (χ0) is 18.8. The summed E-state index contributed by atoms with van der Waals surface area (Å²) in [6.07, 6.45) is 3.82. The standard InChI is InChI=1S/C20H21N3O3S/c1-13-16(19(24)21-11-14-4-2-8-26-14)10-17-18(22-13)6-7-23(20(17)25)12-15-5-3-9-27-15/h3,5-7,9-10,14H,2,4,8,11-12H2,1H3,(H,21,24)/t14-/m0/s1. The fourth-order valence-electron chi connectivity index (χ4n) is 3.34. The van der Waals surface area contributed by atoms with E-state index in [0.717, 1.165) is 24.3 Å². The molecule has 3 aromatic rings. The molecule has 1 atom stereocenters. The first-order valence-electron chi connectivity index (χ1n) is 9.05. The van der Waals surface area contributed by atoms with Crippen LogP contribution in [0.1, 0.15) is 33.8 Å². The Morgan fingerprint density at radius 2 is 2.33 bits per heavy atom. The van der Waals surface area contributed by atoms with Gasteiger partial charge in [0.25, 0.3) is 11.5 Å². The Morgan fingerprint density at radius 1 is 1.44 bits per heavy atom. The molecule has 1 aliphatic rings. The molecule has 0 bridgehead atoms. The van der Waals surface area contributed by atoms with Crippen LogP contribution in [0.2, 0.25) is 0 Å². The van der Waals surface area contributed by atoms with Crippen LogP contribution in [0.3, 0.4) is 0 Å². The zero-order valence-corrected chi connectivity index (χ0v) is 15.9. The number of aryl methyl sites for hydroxylation is 1. The molecular weight excluding hydrogens is 362 g/mol. The number of aromatic nitrogens is 2. The largest absolute Gasteiger partial charge is 0.376 e. The smallest absolute Gasteiger partial charge is 0.260 e. The van der Waals surface area contributed by atoms with E-state index in [1.165, 1.54) is 0 Å². The van der Waals surface area contributed by atoms with Gasteiger partial charge in [-0.05, 0) is 43.3 Å². The third-order valence-electron chi connectivity index (χ3n) is 4.81. The molecule has 0 aliphatic carbocycles. The topological polar surface area (TPSA) is 73.2 Å². The van der Waals surface area contributed by atoms with Crippen molar-refractivity contribution >= 4 is 28.1 Å². The van der Waals surface area contributed by atoms with Crippen LogP contribution in [-0.4, -0.2) is 34.7 Å². The lowest BCUT2D eigenvalue weighted by Crippen LogP contribution is -2.32. The van der Waals surface area contributed by atoms with Gasteiger partial charge in [0.1, 0.15) is 0 Å². The van der Waals surface area contributed by atoms with Crippen molar-refractivity contribution in [3.8, 4) is 0 Å². The Bertz CT molecular complexity index is 1020. The fourth-order valence-corrected chi connectivity index (χ4v) is 4.04. The number of rotatable bonds is 5. The van der Waals surface area contributed by atoms with E-state index in [-0.39, 0.29) is 17.6 Å². The lowest BCUT2D eigenvalue weighted by Gasteiger charge is -2.13. The van der Waals surface area contributed by atoms with Crippen LogP contribution in [0, 0.1) is 6.92 Å². The van der Waals surface area contributed by atoms with Crippen molar-refractivity contribution in [1.82, 2.24) is 14.9 Å². The van der Waals surface area contributed by atoms with Crippen LogP contribution in [0.4, 0.5) is 0 Å². The second kappa shape index (κ2) is 7.62. The predicted molar refractivity (Wildman–Crippen MR) is 105 cm³/mol. The minimum atomic E-state index is -0.217. The van der Waals surface area contributed by atoms with E-state index in [0.29, 0.717) is 35.2 Å². The lowest BCUT2D eigenvalue weighted by atomic mass is 10.1. The molecule has 0 aromatic carbocycles. The van der Waals surface area contributed by atoms with Gasteiger partial charge in [0.15, 0.2) is 0 Å². The lowest BCUT2D eigenvalue weighted by molar-refractivity contribution is 0.0857. The molecule has 1 amide bonds. The van der Waals surface area contributed by atoms with Gasteiger partial charge in [0.05, 0.1) is 34.8 Å².